The van der Waals surface area contributed by atoms with E-state index in [-0.39, 0.29) is 18.0 Å². The van der Waals surface area contributed by atoms with Crippen molar-refractivity contribution in [3.05, 3.63) is 95.6 Å². The fourth-order valence-corrected chi connectivity index (χ4v) is 3.28. The molecule has 3 aromatic rings. The molecule has 0 spiro atoms. The zero-order valence-corrected chi connectivity index (χ0v) is 18.3. The SMILES string of the molecule is CCc1ccc(C(C)NC(=O)Nc2ccc(CC(=O)N(C)c3ccccc3)cc2)cc1. The van der Waals surface area contributed by atoms with Gasteiger partial charge in [0.15, 0.2) is 0 Å². The van der Waals surface area contributed by atoms with Crippen LogP contribution in [0.4, 0.5) is 16.2 Å². The number of amides is 3. The molecule has 0 heterocycles. The number of likely N-dealkylation sites (N-methyl/N-ethyl adjacent to an activating group) is 1. The lowest BCUT2D eigenvalue weighted by molar-refractivity contribution is -0.117. The first-order chi connectivity index (χ1) is 15.0. The quantitative estimate of drug-likeness (QED) is 0.547. The summed E-state index contributed by atoms with van der Waals surface area (Å²) in [4.78, 5) is 26.5. The minimum atomic E-state index is -0.264. The summed E-state index contributed by atoms with van der Waals surface area (Å²) in [7, 11) is 1.77. The maximum atomic E-state index is 12.5. The molecule has 1 atom stereocenters. The van der Waals surface area contributed by atoms with Crippen LogP contribution in [0.1, 0.15) is 36.6 Å². The van der Waals surface area contributed by atoms with Gasteiger partial charge in [-0.3, -0.25) is 4.79 Å². The van der Waals surface area contributed by atoms with E-state index in [0.717, 1.165) is 23.2 Å². The Hall–Kier alpha value is -3.60. The summed E-state index contributed by atoms with van der Waals surface area (Å²) in [5.41, 5.74) is 4.76. The number of carbonyl (C=O) groups excluding carboxylic acids is 2. The molecule has 0 bridgehead atoms. The van der Waals surface area contributed by atoms with E-state index in [2.05, 4.69) is 29.7 Å². The summed E-state index contributed by atoms with van der Waals surface area (Å²) < 4.78 is 0. The van der Waals surface area contributed by atoms with Gasteiger partial charge >= 0.3 is 6.03 Å². The molecule has 1 unspecified atom stereocenters. The van der Waals surface area contributed by atoms with E-state index in [4.69, 9.17) is 0 Å². The van der Waals surface area contributed by atoms with E-state index in [1.807, 2.05) is 73.7 Å². The second kappa shape index (κ2) is 10.4. The van der Waals surface area contributed by atoms with Gasteiger partial charge in [0.2, 0.25) is 5.91 Å². The molecule has 3 rings (SSSR count). The van der Waals surface area contributed by atoms with Crippen LogP contribution in [-0.4, -0.2) is 19.0 Å². The molecule has 0 aliphatic rings. The second-order valence-corrected chi connectivity index (χ2v) is 7.58. The van der Waals surface area contributed by atoms with Crippen LogP contribution in [0.25, 0.3) is 0 Å². The highest BCUT2D eigenvalue weighted by molar-refractivity contribution is 5.94. The number of hydrogen-bond donors (Lipinski definition) is 2. The van der Waals surface area contributed by atoms with Crippen LogP contribution in [0.5, 0.6) is 0 Å². The van der Waals surface area contributed by atoms with Gasteiger partial charge in [-0.2, -0.15) is 0 Å². The Morgan fingerprint density at radius 1 is 0.871 bits per heavy atom. The van der Waals surface area contributed by atoms with Crippen molar-refractivity contribution in [3.63, 3.8) is 0 Å². The molecule has 2 N–H and O–H groups in total. The van der Waals surface area contributed by atoms with Crippen molar-refractivity contribution in [1.82, 2.24) is 5.32 Å². The number of anilines is 2. The maximum Gasteiger partial charge on any atom is 0.319 e. The first-order valence-electron chi connectivity index (χ1n) is 10.5. The van der Waals surface area contributed by atoms with Gasteiger partial charge in [-0.1, -0.05) is 61.5 Å². The zero-order valence-electron chi connectivity index (χ0n) is 18.3. The fourth-order valence-electron chi connectivity index (χ4n) is 3.28. The molecule has 3 aromatic carbocycles. The Kier molecular flexibility index (Phi) is 7.44. The van der Waals surface area contributed by atoms with Crippen LogP contribution < -0.4 is 15.5 Å². The molecule has 3 amide bonds. The third kappa shape index (κ3) is 6.19. The molecule has 31 heavy (non-hydrogen) atoms. The fraction of sp³-hybridized carbons (Fsp3) is 0.231. The van der Waals surface area contributed by atoms with E-state index >= 15 is 0 Å². The van der Waals surface area contributed by atoms with Gasteiger partial charge in [0.25, 0.3) is 0 Å². The summed E-state index contributed by atoms with van der Waals surface area (Å²) in [6, 6.07) is 24.8. The summed E-state index contributed by atoms with van der Waals surface area (Å²) in [5.74, 6) is 0.00701. The number of carbonyl (C=O) groups is 2. The average molecular weight is 416 g/mol. The number of hydrogen-bond acceptors (Lipinski definition) is 2. The highest BCUT2D eigenvalue weighted by atomic mass is 16.2. The van der Waals surface area contributed by atoms with Crippen molar-refractivity contribution in [1.29, 1.82) is 0 Å². The molecular formula is C26H29N3O2. The molecule has 0 radical (unpaired) electrons. The Bertz CT molecular complexity index is 999. The van der Waals surface area contributed by atoms with Crippen molar-refractivity contribution >= 4 is 23.3 Å². The third-order valence-corrected chi connectivity index (χ3v) is 5.32. The van der Waals surface area contributed by atoms with Gasteiger partial charge < -0.3 is 15.5 Å². The number of nitrogens with zero attached hydrogens (tertiary/aromatic N) is 1. The van der Waals surface area contributed by atoms with E-state index in [0.29, 0.717) is 12.1 Å². The largest absolute Gasteiger partial charge is 0.331 e. The molecule has 0 fully saturated rings. The molecule has 0 aromatic heterocycles. The van der Waals surface area contributed by atoms with Gasteiger partial charge in [-0.05, 0) is 54.3 Å². The number of urea groups is 1. The Labute approximate surface area is 184 Å². The van der Waals surface area contributed by atoms with Gasteiger partial charge in [0.05, 0.1) is 12.5 Å². The second-order valence-electron chi connectivity index (χ2n) is 7.58. The van der Waals surface area contributed by atoms with Crippen molar-refractivity contribution in [3.8, 4) is 0 Å². The number of para-hydroxylation sites is 1. The highest BCUT2D eigenvalue weighted by Crippen LogP contribution is 2.16. The van der Waals surface area contributed by atoms with Crippen LogP contribution in [0, 0.1) is 0 Å². The predicted molar refractivity (Wildman–Crippen MR) is 126 cm³/mol. The summed E-state index contributed by atoms with van der Waals surface area (Å²) in [5, 5.41) is 5.80. The van der Waals surface area contributed by atoms with E-state index in [1.165, 1.54) is 5.56 Å². The maximum absolute atomic E-state index is 12.5. The molecule has 0 saturated heterocycles. The number of benzene rings is 3. The van der Waals surface area contributed by atoms with Crippen molar-refractivity contribution < 1.29 is 9.59 Å². The Morgan fingerprint density at radius 2 is 1.48 bits per heavy atom. The molecule has 160 valence electrons. The van der Waals surface area contributed by atoms with E-state index in [1.54, 1.807) is 11.9 Å². The number of rotatable bonds is 7. The van der Waals surface area contributed by atoms with Gasteiger partial charge in [-0.15, -0.1) is 0 Å². The van der Waals surface area contributed by atoms with Crippen LogP contribution in [0.2, 0.25) is 0 Å². The van der Waals surface area contributed by atoms with Crippen LogP contribution in [0.15, 0.2) is 78.9 Å². The third-order valence-electron chi connectivity index (χ3n) is 5.32. The molecule has 0 aliphatic heterocycles. The Morgan fingerprint density at radius 3 is 2.10 bits per heavy atom. The van der Waals surface area contributed by atoms with Gasteiger partial charge in [0.1, 0.15) is 0 Å². The first-order valence-corrected chi connectivity index (χ1v) is 10.5. The lowest BCUT2D eigenvalue weighted by Gasteiger charge is -2.17. The molecular weight excluding hydrogens is 386 g/mol. The smallest absolute Gasteiger partial charge is 0.319 e. The first kappa shape index (κ1) is 22.1. The topological polar surface area (TPSA) is 61.4 Å². The molecule has 0 aliphatic carbocycles. The molecule has 5 nitrogen and oxygen atoms in total. The van der Waals surface area contributed by atoms with Crippen molar-refractivity contribution in [2.24, 2.45) is 0 Å². The minimum Gasteiger partial charge on any atom is -0.331 e. The summed E-state index contributed by atoms with van der Waals surface area (Å²) >= 11 is 0. The lowest BCUT2D eigenvalue weighted by atomic mass is 10.1. The van der Waals surface area contributed by atoms with Crippen LogP contribution in [0.3, 0.4) is 0 Å². The van der Waals surface area contributed by atoms with Crippen LogP contribution in [-0.2, 0) is 17.6 Å². The number of nitrogens with one attached hydrogen (secondary N) is 2. The van der Waals surface area contributed by atoms with Gasteiger partial charge in [-0.25, -0.2) is 4.79 Å². The zero-order chi connectivity index (χ0) is 22.2. The monoisotopic (exact) mass is 415 g/mol. The summed E-state index contributed by atoms with van der Waals surface area (Å²) in [6.07, 6.45) is 1.29. The van der Waals surface area contributed by atoms with Gasteiger partial charge in [0, 0.05) is 18.4 Å². The molecule has 5 heteroatoms. The van der Waals surface area contributed by atoms with E-state index in [9.17, 15) is 9.59 Å². The standard InChI is InChI=1S/C26H29N3O2/c1-4-20-10-14-22(15-11-20)19(2)27-26(31)28-23-16-12-21(13-17-23)18-25(30)29(3)24-8-6-5-7-9-24/h5-17,19H,4,18H2,1-3H3,(H2,27,28,31). The summed E-state index contributed by atoms with van der Waals surface area (Å²) in [6.45, 7) is 4.07. The predicted octanol–water partition coefficient (Wildman–Crippen LogP) is 5.34. The van der Waals surface area contributed by atoms with E-state index < -0.39 is 0 Å². The normalized spacial score (nSPS) is 11.5. The minimum absolute atomic E-state index is 0.00701. The van der Waals surface area contributed by atoms with Crippen molar-refractivity contribution in [2.75, 3.05) is 17.3 Å². The van der Waals surface area contributed by atoms with Crippen molar-refractivity contribution in [2.45, 2.75) is 32.7 Å². The van der Waals surface area contributed by atoms with Crippen LogP contribution >= 0.6 is 0 Å². The lowest BCUT2D eigenvalue weighted by Crippen LogP contribution is -2.31. The number of aryl methyl sites for hydroxylation is 1. The average Bonchev–Trinajstić information content (AvgIpc) is 2.80. The Balaban J connectivity index is 1.52. The molecule has 0 saturated carbocycles. The highest BCUT2D eigenvalue weighted by Gasteiger charge is 2.12.